The van der Waals surface area contributed by atoms with E-state index in [9.17, 15) is 4.79 Å². The Hall–Kier alpha value is -4.40. The molecule has 0 saturated heterocycles. The van der Waals surface area contributed by atoms with Gasteiger partial charge in [0.25, 0.3) is 0 Å². The van der Waals surface area contributed by atoms with Crippen LogP contribution in [-0.4, -0.2) is 18.9 Å². The van der Waals surface area contributed by atoms with E-state index in [4.69, 9.17) is 9.15 Å². The number of anilines is 1. The zero-order valence-electron chi connectivity index (χ0n) is 22.9. The van der Waals surface area contributed by atoms with Gasteiger partial charge in [0.15, 0.2) is 0 Å². The summed E-state index contributed by atoms with van der Waals surface area (Å²) in [5.41, 5.74) is 2.23. The van der Waals surface area contributed by atoms with Gasteiger partial charge < -0.3 is 9.15 Å². The van der Waals surface area contributed by atoms with Gasteiger partial charge in [0, 0.05) is 22.5 Å². The summed E-state index contributed by atoms with van der Waals surface area (Å²) >= 11 is 0. The van der Waals surface area contributed by atoms with Gasteiger partial charge in [-0.15, -0.1) is 0 Å². The predicted octanol–water partition coefficient (Wildman–Crippen LogP) is 8.30. The highest BCUT2D eigenvalue weighted by atomic mass is 31.2. The molecule has 0 radical (unpaired) electrons. The second kappa shape index (κ2) is 12.4. The number of para-hydroxylation sites is 1. The van der Waals surface area contributed by atoms with Crippen LogP contribution < -0.4 is 21.2 Å². The van der Waals surface area contributed by atoms with E-state index in [0.717, 1.165) is 47.4 Å². The minimum Gasteiger partial charge on any atom is -0.456 e. The number of hydrogen-bond donors (Lipinski definition) is 1. The van der Waals surface area contributed by atoms with Gasteiger partial charge in [-0.05, 0) is 73.9 Å². The number of furan rings is 1. The molecule has 1 amide bonds. The number of amides is 1. The van der Waals surface area contributed by atoms with Crippen molar-refractivity contribution in [1.82, 2.24) is 0 Å². The third-order valence-electron chi connectivity index (χ3n) is 7.59. The maximum atomic E-state index is 12.5. The van der Waals surface area contributed by atoms with Crippen molar-refractivity contribution < 1.29 is 13.9 Å². The SMILES string of the molecule is O=C(Nc1ccc2c(c1)oc1ccccc12)OCCCCC[P+](c1ccccc1)(c1ccccc1)c1ccccc1. The van der Waals surface area contributed by atoms with E-state index in [0.29, 0.717) is 12.3 Å². The van der Waals surface area contributed by atoms with Crippen LogP contribution >= 0.6 is 7.26 Å². The maximum absolute atomic E-state index is 12.5. The lowest BCUT2D eigenvalue weighted by Crippen LogP contribution is -2.33. The van der Waals surface area contributed by atoms with Crippen LogP contribution in [0.2, 0.25) is 0 Å². The molecule has 4 nitrogen and oxygen atoms in total. The summed E-state index contributed by atoms with van der Waals surface area (Å²) in [6.45, 7) is 0.381. The van der Waals surface area contributed by atoms with Crippen molar-refractivity contribution >= 4 is 56.9 Å². The Balaban J connectivity index is 1.08. The summed E-state index contributed by atoms with van der Waals surface area (Å²) < 4.78 is 11.5. The van der Waals surface area contributed by atoms with Gasteiger partial charge in [0.05, 0.1) is 12.8 Å². The third-order valence-corrected chi connectivity index (χ3v) is 12.1. The molecule has 0 saturated carbocycles. The summed E-state index contributed by atoms with van der Waals surface area (Å²) in [7, 11) is -1.83. The number of rotatable bonds is 10. The predicted molar refractivity (Wildman–Crippen MR) is 173 cm³/mol. The molecule has 41 heavy (non-hydrogen) atoms. The van der Waals surface area contributed by atoms with Crippen molar-refractivity contribution in [2.75, 3.05) is 18.1 Å². The Kier molecular flexibility index (Phi) is 8.11. The van der Waals surface area contributed by atoms with Crippen LogP contribution in [0, 0.1) is 0 Å². The van der Waals surface area contributed by atoms with Gasteiger partial charge >= 0.3 is 6.09 Å². The number of hydrogen-bond acceptors (Lipinski definition) is 3. The molecule has 204 valence electrons. The van der Waals surface area contributed by atoms with E-state index < -0.39 is 13.4 Å². The van der Waals surface area contributed by atoms with Gasteiger partial charge in [-0.3, -0.25) is 5.32 Å². The Morgan fingerprint density at radius 2 is 1.17 bits per heavy atom. The largest absolute Gasteiger partial charge is 0.456 e. The normalized spacial score (nSPS) is 11.5. The summed E-state index contributed by atoms with van der Waals surface area (Å²) in [5.74, 6) is 0. The zero-order valence-corrected chi connectivity index (χ0v) is 23.8. The minimum atomic E-state index is -1.83. The van der Waals surface area contributed by atoms with Crippen LogP contribution in [-0.2, 0) is 4.74 Å². The average molecular weight is 559 g/mol. The summed E-state index contributed by atoms with van der Waals surface area (Å²) in [6, 6.07) is 46.5. The maximum Gasteiger partial charge on any atom is 0.411 e. The first-order valence-electron chi connectivity index (χ1n) is 14.1. The molecule has 1 heterocycles. The molecule has 0 fully saturated rings. The van der Waals surface area contributed by atoms with Gasteiger partial charge in [-0.25, -0.2) is 4.79 Å². The third kappa shape index (κ3) is 5.75. The van der Waals surface area contributed by atoms with E-state index >= 15 is 0 Å². The fraction of sp³-hybridized carbons (Fsp3) is 0.139. The summed E-state index contributed by atoms with van der Waals surface area (Å²) in [6.07, 6.45) is 3.45. The Morgan fingerprint density at radius 3 is 1.80 bits per heavy atom. The molecule has 5 heteroatoms. The van der Waals surface area contributed by atoms with Crippen LogP contribution in [0.1, 0.15) is 19.3 Å². The highest BCUT2D eigenvalue weighted by Gasteiger charge is 2.44. The van der Waals surface area contributed by atoms with Crippen molar-refractivity contribution in [2.24, 2.45) is 0 Å². The lowest BCUT2D eigenvalue weighted by Gasteiger charge is -2.27. The molecule has 1 aromatic heterocycles. The molecule has 0 aliphatic rings. The molecular formula is C36H33NO3P+. The topological polar surface area (TPSA) is 51.5 Å². The summed E-state index contributed by atoms with van der Waals surface area (Å²) in [5, 5.41) is 9.13. The second-order valence-electron chi connectivity index (χ2n) is 10.2. The molecular weight excluding hydrogens is 525 g/mol. The molecule has 5 aromatic carbocycles. The second-order valence-corrected chi connectivity index (χ2v) is 13.8. The molecule has 0 bridgehead atoms. The standard InChI is InChI=1S/C36H32NO3P/c38-36(37-28-23-24-33-32-21-11-12-22-34(32)40-35(33)27-28)39-25-13-4-14-26-41(29-15-5-1-6-16-29,30-17-7-2-8-18-30)31-19-9-3-10-20-31/h1-3,5-12,15-24,27H,4,13-14,25-26H2/p+1. The van der Waals surface area contributed by atoms with Gasteiger partial charge in [0.2, 0.25) is 0 Å². The lowest BCUT2D eigenvalue weighted by atomic mass is 10.1. The first-order chi connectivity index (χ1) is 20.2. The van der Waals surface area contributed by atoms with E-state index in [-0.39, 0.29) is 0 Å². The number of nitrogens with one attached hydrogen (secondary N) is 1. The Bertz CT molecular complexity index is 1640. The first kappa shape index (κ1) is 26.8. The van der Waals surface area contributed by atoms with E-state index in [1.165, 1.54) is 15.9 Å². The summed E-state index contributed by atoms with van der Waals surface area (Å²) in [4.78, 5) is 12.5. The van der Waals surface area contributed by atoms with E-state index in [1.54, 1.807) is 0 Å². The number of carbonyl (C=O) groups excluding carboxylic acids is 1. The smallest absolute Gasteiger partial charge is 0.411 e. The highest BCUT2D eigenvalue weighted by molar-refractivity contribution is 7.95. The fourth-order valence-corrected chi connectivity index (χ4v) is 10.0. The average Bonchev–Trinajstić information content (AvgIpc) is 3.40. The van der Waals surface area contributed by atoms with Crippen molar-refractivity contribution in [1.29, 1.82) is 0 Å². The molecule has 0 spiro atoms. The van der Waals surface area contributed by atoms with Gasteiger partial charge in [-0.1, -0.05) is 72.8 Å². The van der Waals surface area contributed by atoms with Crippen LogP contribution in [0.25, 0.3) is 21.9 Å². The van der Waals surface area contributed by atoms with Crippen LogP contribution in [0.5, 0.6) is 0 Å². The minimum absolute atomic E-state index is 0.381. The molecule has 1 N–H and O–H groups in total. The molecule has 0 unspecified atom stereocenters. The van der Waals surface area contributed by atoms with Gasteiger partial charge in [-0.2, -0.15) is 0 Å². The first-order valence-corrected chi connectivity index (χ1v) is 16.1. The van der Waals surface area contributed by atoms with Crippen molar-refractivity contribution in [3.63, 3.8) is 0 Å². The van der Waals surface area contributed by atoms with Crippen molar-refractivity contribution in [3.05, 3.63) is 133 Å². The molecule has 6 aromatic rings. The van der Waals surface area contributed by atoms with Crippen LogP contribution in [0.15, 0.2) is 138 Å². The number of carbonyl (C=O) groups is 1. The van der Waals surface area contributed by atoms with Crippen LogP contribution in [0.4, 0.5) is 10.5 Å². The molecule has 0 aliphatic heterocycles. The van der Waals surface area contributed by atoms with E-state index in [1.807, 2.05) is 42.5 Å². The van der Waals surface area contributed by atoms with Crippen LogP contribution in [0.3, 0.4) is 0 Å². The number of benzene rings is 5. The molecule has 0 atom stereocenters. The fourth-order valence-electron chi connectivity index (χ4n) is 5.63. The highest BCUT2D eigenvalue weighted by Crippen LogP contribution is 2.56. The lowest BCUT2D eigenvalue weighted by molar-refractivity contribution is 0.159. The Labute approximate surface area is 241 Å². The number of ether oxygens (including phenoxy) is 1. The van der Waals surface area contributed by atoms with Crippen molar-refractivity contribution in [2.45, 2.75) is 19.3 Å². The number of unbranched alkanes of at least 4 members (excludes halogenated alkanes) is 2. The Morgan fingerprint density at radius 1 is 0.610 bits per heavy atom. The van der Waals surface area contributed by atoms with Gasteiger partial charge in [0.1, 0.15) is 34.3 Å². The molecule has 6 rings (SSSR count). The zero-order chi connectivity index (χ0) is 27.9. The quantitative estimate of drug-likeness (QED) is 0.136. The van der Waals surface area contributed by atoms with Crippen molar-refractivity contribution in [3.8, 4) is 0 Å². The van der Waals surface area contributed by atoms with E-state index in [2.05, 4.69) is 96.3 Å². The molecule has 0 aliphatic carbocycles. The monoisotopic (exact) mass is 558 g/mol. The number of fused-ring (bicyclic) bond motifs is 3.